The van der Waals surface area contributed by atoms with Crippen LogP contribution in [0, 0.1) is 24.7 Å². The monoisotopic (exact) mass is 571 g/mol. The SMILES string of the molecule is CCC.CCCC(C)/C=C(/CC(=O)N1CCC(C)C1)OC.Cc1ncsc1-c1ccc(C(NC=O)C(C)C)cc1. The Morgan fingerprint density at radius 1 is 1.20 bits per heavy atom. The molecule has 224 valence electrons. The Hall–Kier alpha value is -2.67. The molecule has 0 bridgehead atoms. The Balaban J connectivity index is 0.000000365. The zero-order chi connectivity index (χ0) is 30.1. The maximum absolute atomic E-state index is 12.1. The van der Waals surface area contributed by atoms with E-state index in [9.17, 15) is 9.59 Å². The van der Waals surface area contributed by atoms with E-state index >= 15 is 0 Å². The molecule has 1 saturated heterocycles. The van der Waals surface area contributed by atoms with Gasteiger partial charge in [-0.05, 0) is 54.7 Å². The van der Waals surface area contributed by atoms with Crippen molar-refractivity contribution >= 4 is 23.7 Å². The third-order valence-electron chi connectivity index (χ3n) is 6.77. The Bertz CT molecular complexity index is 1020. The third kappa shape index (κ3) is 12.2. The van der Waals surface area contributed by atoms with Crippen LogP contribution in [0.5, 0.6) is 0 Å². The van der Waals surface area contributed by atoms with Gasteiger partial charge in [-0.25, -0.2) is 4.98 Å². The van der Waals surface area contributed by atoms with E-state index < -0.39 is 0 Å². The second-order valence-electron chi connectivity index (χ2n) is 11.1. The summed E-state index contributed by atoms with van der Waals surface area (Å²) in [7, 11) is 1.66. The number of allylic oxidation sites excluding steroid dienone is 1. The van der Waals surface area contributed by atoms with Gasteiger partial charge in [0, 0.05) is 13.1 Å². The highest BCUT2D eigenvalue weighted by molar-refractivity contribution is 7.13. The molecule has 0 spiro atoms. The number of amides is 2. The predicted molar refractivity (Wildman–Crippen MR) is 169 cm³/mol. The molecule has 1 aromatic heterocycles. The summed E-state index contributed by atoms with van der Waals surface area (Å²) in [5, 5.41) is 2.87. The molecule has 3 unspecified atom stereocenters. The fourth-order valence-electron chi connectivity index (χ4n) is 4.65. The van der Waals surface area contributed by atoms with Crippen LogP contribution in [0.25, 0.3) is 10.4 Å². The van der Waals surface area contributed by atoms with Gasteiger partial charge in [-0.1, -0.05) is 85.6 Å². The van der Waals surface area contributed by atoms with Crippen molar-refractivity contribution in [3.05, 3.63) is 52.9 Å². The summed E-state index contributed by atoms with van der Waals surface area (Å²) in [5.74, 6) is 2.51. The average Bonchev–Trinajstić information content (AvgIpc) is 3.56. The van der Waals surface area contributed by atoms with Gasteiger partial charge in [0.2, 0.25) is 12.3 Å². The van der Waals surface area contributed by atoms with Crippen LogP contribution in [0.4, 0.5) is 0 Å². The first-order valence-corrected chi connectivity index (χ1v) is 15.7. The highest BCUT2D eigenvalue weighted by Crippen LogP contribution is 2.29. The molecule has 1 aliphatic heterocycles. The number of methoxy groups -OCH3 is 1. The molecule has 2 heterocycles. The molecular formula is C33H53N3O3S. The number of thiazole rings is 1. The largest absolute Gasteiger partial charge is 0.501 e. The number of benzene rings is 1. The van der Waals surface area contributed by atoms with E-state index in [1.165, 1.54) is 16.9 Å². The van der Waals surface area contributed by atoms with Crippen LogP contribution in [0.1, 0.15) is 97.9 Å². The van der Waals surface area contributed by atoms with Gasteiger partial charge >= 0.3 is 0 Å². The number of nitrogens with one attached hydrogen (secondary N) is 1. The normalized spacial score (nSPS) is 16.3. The molecular weight excluding hydrogens is 518 g/mol. The minimum absolute atomic E-state index is 0.0640. The van der Waals surface area contributed by atoms with Crippen LogP contribution in [0.15, 0.2) is 41.6 Å². The average molecular weight is 572 g/mol. The number of ether oxygens (including phenoxy) is 1. The summed E-state index contributed by atoms with van der Waals surface area (Å²) in [6, 6.07) is 8.41. The predicted octanol–water partition coefficient (Wildman–Crippen LogP) is 8.19. The van der Waals surface area contributed by atoms with Crippen molar-refractivity contribution in [2.45, 2.75) is 93.5 Å². The molecule has 1 aliphatic rings. The number of likely N-dealkylation sites (tertiary alicyclic amines) is 1. The molecule has 7 heteroatoms. The zero-order valence-corrected chi connectivity index (χ0v) is 27.1. The van der Waals surface area contributed by atoms with Crippen molar-refractivity contribution in [1.29, 1.82) is 0 Å². The second kappa shape index (κ2) is 19.4. The molecule has 2 amide bonds. The number of hydrogen-bond acceptors (Lipinski definition) is 5. The van der Waals surface area contributed by atoms with Crippen LogP contribution in [0.3, 0.4) is 0 Å². The molecule has 3 atom stereocenters. The standard InChI is InChI=1S/C15H18N2OS.C15H27NO2.C3H8/c1-10(2)14(16-8-18)12-4-6-13(7-5-12)15-11(3)17-9-19-15;1-5-6-12(2)9-14(18-4)10-15(17)16-8-7-13(3)11-16;1-3-2/h4-10,14H,1-3H3,(H,16,18);9,12-13H,5-8,10-11H2,1-4H3;3H2,1-2H3/b;14-9-;. The maximum atomic E-state index is 12.1. The second-order valence-corrected chi connectivity index (χ2v) is 12.0. The molecule has 6 nitrogen and oxygen atoms in total. The van der Waals surface area contributed by atoms with E-state index in [-0.39, 0.29) is 11.9 Å². The summed E-state index contributed by atoms with van der Waals surface area (Å²) >= 11 is 1.65. The molecule has 40 heavy (non-hydrogen) atoms. The van der Waals surface area contributed by atoms with Crippen molar-refractivity contribution in [2.24, 2.45) is 17.8 Å². The number of hydrogen-bond donors (Lipinski definition) is 1. The molecule has 1 aromatic carbocycles. The Morgan fingerprint density at radius 2 is 1.85 bits per heavy atom. The zero-order valence-electron chi connectivity index (χ0n) is 26.3. The summed E-state index contributed by atoms with van der Waals surface area (Å²) < 4.78 is 5.34. The number of aryl methyl sites for hydroxylation is 1. The quantitative estimate of drug-likeness (QED) is 0.218. The lowest BCUT2D eigenvalue weighted by molar-refractivity contribution is -0.130. The lowest BCUT2D eigenvalue weighted by atomic mass is 9.95. The lowest BCUT2D eigenvalue weighted by Crippen LogP contribution is -2.28. The number of aromatic nitrogens is 1. The third-order valence-corrected chi connectivity index (χ3v) is 7.75. The van der Waals surface area contributed by atoms with Crippen molar-refractivity contribution in [1.82, 2.24) is 15.2 Å². The van der Waals surface area contributed by atoms with Crippen LogP contribution >= 0.6 is 11.3 Å². The van der Waals surface area contributed by atoms with E-state index in [0.29, 0.717) is 24.2 Å². The molecule has 3 rings (SSSR count). The van der Waals surface area contributed by atoms with Gasteiger partial charge in [0.05, 0.1) is 35.7 Å². The summed E-state index contributed by atoms with van der Waals surface area (Å²) in [6.45, 7) is 18.8. The summed E-state index contributed by atoms with van der Waals surface area (Å²) in [5.41, 5.74) is 5.23. The van der Waals surface area contributed by atoms with E-state index in [2.05, 4.69) is 89.1 Å². The molecule has 2 aromatic rings. The smallest absolute Gasteiger partial charge is 0.230 e. The van der Waals surface area contributed by atoms with Gasteiger partial charge in [-0.3, -0.25) is 9.59 Å². The molecule has 0 aliphatic carbocycles. The van der Waals surface area contributed by atoms with Gasteiger partial charge in [0.15, 0.2) is 0 Å². The van der Waals surface area contributed by atoms with Gasteiger partial charge in [-0.15, -0.1) is 11.3 Å². The van der Waals surface area contributed by atoms with E-state index in [1.54, 1.807) is 18.4 Å². The van der Waals surface area contributed by atoms with Crippen LogP contribution in [-0.4, -0.2) is 42.4 Å². The number of rotatable bonds is 11. The van der Waals surface area contributed by atoms with Crippen molar-refractivity contribution < 1.29 is 14.3 Å². The Labute approximate surface area is 247 Å². The van der Waals surface area contributed by atoms with Gasteiger partial charge < -0.3 is 15.0 Å². The Morgan fingerprint density at radius 3 is 2.30 bits per heavy atom. The van der Waals surface area contributed by atoms with Gasteiger partial charge in [0.25, 0.3) is 0 Å². The fraction of sp³-hybridized carbons (Fsp3) is 0.606. The van der Waals surface area contributed by atoms with E-state index in [0.717, 1.165) is 55.8 Å². The topological polar surface area (TPSA) is 71.5 Å². The van der Waals surface area contributed by atoms with E-state index in [1.807, 2.05) is 17.3 Å². The highest BCUT2D eigenvalue weighted by Gasteiger charge is 2.24. The first-order valence-electron chi connectivity index (χ1n) is 14.8. The molecule has 1 fully saturated rings. The van der Waals surface area contributed by atoms with Crippen LogP contribution in [-0.2, 0) is 14.3 Å². The number of carbonyl (C=O) groups is 2. The highest BCUT2D eigenvalue weighted by atomic mass is 32.1. The van der Waals surface area contributed by atoms with E-state index in [4.69, 9.17) is 4.74 Å². The minimum atomic E-state index is 0.0640. The minimum Gasteiger partial charge on any atom is -0.501 e. The number of carbonyl (C=O) groups excluding carboxylic acids is 2. The van der Waals surface area contributed by atoms with Crippen molar-refractivity contribution in [2.75, 3.05) is 20.2 Å². The lowest BCUT2D eigenvalue weighted by Gasteiger charge is -2.20. The Kier molecular flexibility index (Phi) is 17.2. The number of nitrogens with zero attached hydrogens (tertiary/aromatic N) is 2. The van der Waals surface area contributed by atoms with Crippen molar-refractivity contribution in [3.8, 4) is 10.4 Å². The molecule has 0 radical (unpaired) electrons. The maximum Gasteiger partial charge on any atom is 0.230 e. The van der Waals surface area contributed by atoms with Gasteiger partial charge in [0.1, 0.15) is 5.76 Å². The first kappa shape index (κ1) is 35.4. The van der Waals surface area contributed by atoms with Gasteiger partial charge in [-0.2, -0.15) is 0 Å². The van der Waals surface area contributed by atoms with Crippen LogP contribution < -0.4 is 5.32 Å². The first-order chi connectivity index (χ1) is 19.1. The molecule has 1 N–H and O–H groups in total. The van der Waals surface area contributed by atoms with Crippen molar-refractivity contribution in [3.63, 3.8) is 0 Å². The fourth-order valence-corrected chi connectivity index (χ4v) is 5.46. The molecule has 0 saturated carbocycles. The summed E-state index contributed by atoms with van der Waals surface area (Å²) in [6.07, 6.45) is 7.96. The summed E-state index contributed by atoms with van der Waals surface area (Å²) in [4.78, 5) is 30.2. The van der Waals surface area contributed by atoms with Crippen LogP contribution in [0.2, 0.25) is 0 Å².